The second-order valence-corrected chi connectivity index (χ2v) is 8.54. The van der Waals surface area contributed by atoms with Gasteiger partial charge >= 0.3 is 0 Å². The highest BCUT2D eigenvalue weighted by Crippen LogP contribution is 2.40. The summed E-state index contributed by atoms with van der Waals surface area (Å²) in [6.07, 6.45) is 1.44. The number of amides is 1. The molecule has 2 aromatic carbocycles. The lowest BCUT2D eigenvalue weighted by Crippen LogP contribution is -2.35. The third-order valence-electron chi connectivity index (χ3n) is 5.99. The number of carbonyl (C=O) groups excluding carboxylic acids is 2. The van der Waals surface area contributed by atoms with Crippen molar-refractivity contribution in [3.05, 3.63) is 93.3 Å². The van der Waals surface area contributed by atoms with E-state index in [-0.39, 0.29) is 23.6 Å². The van der Waals surface area contributed by atoms with E-state index in [1.807, 2.05) is 49.3 Å². The van der Waals surface area contributed by atoms with Gasteiger partial charge in [-0.3, -0.25) is 19.7 Å². The number of hydrogen-bond acceptors (Lipinski definition) is 7. The molecular formula is C25H25N5O5. The molecule has 0 unspecified atom stereocenters. The topological polar surface area (TPSA) is 122 Å². The van der Waals surface area contributed by atoms with Crippen LogP contribution in [-0.4, -0.2) is 68.5 Å². The first-order valence-corrected chi connectivity index (χ1v) is 11.0. The number of carbonyl (C=O) groups is 2. The Hall–Kier alpha value is -4.31. The minimum absolute atomic E-state index is 0.120. The molecule has 0 aliphatic carbocycles. The average molecular weight is 476 g/mol. The van der Waals surface area contributed by atoms with Crippen molar-refractivity contribution in [3.8, 4) is 5.69 Å². The maximum atomic E-state index is 13.2. The van der Waals surface area contributed by atoms with Crippen LogP contribution >= 0.6 is 0 Å². The molecule has 3 aromatic rings. The summed E-state index contributed by atoms with van der Waals surface area (Å²) in [6, 6.07) is 14.1. The van der Waals surface area contributed by atoms with Gasteiger partial charge in [-0.2, -0.15) is 5.10 Å². The van der Waals surface area contributed by atoms with Gasteiger partial charge in [0, 0.05) is 25.2 Å². The van der Waals surface area contributed by atoms with Crippen molar-refractivity contribution in [3.63, 3.8) is 0 Å². The van der Waals surface area contributed by atoms with Gasteiger partial charge < -0.3 is 14.9 Å². The van der Waals surface area contributed by atoms with Gasteiger partial charge in [-0.1, -0.05) is 30.3 Å². The molecule has 1 saturated heterocycles. The van der Waals surface area contributed by atoms with E-state index in [1.54, 1.807) is 17.7 Å². The highest BCUT2D eigenvalue weighted by Gasteiger charge is 2.46. The fourth-order valence-electron chi connectivity index (χ4n) is 4.19. The largest absolute Gasteiger partial charge is 0.507 e. The van der Waals surface area contributed by atoms with E-state index >= 15 is 0 Å². The number of rotatable bonds is 7. The number of para-hydroxylation sites is 1. The van der Waals surface area contributed by atoms with Crippen molar-refractivity contribution in [2.24, 2.45) is 0 Å². The van der Waals surface area contributed by atoms with Gasteiger partial charge in [0.05, 0.1) is 39.7 Å². The molecule has 2 heterocycles. The van der Waals surface area contributed by atoms with Crippen LogP contribution in [0.4, 0.5) is 5.69 Å². The minimum Gasteiger partial charge on any atom is -0.507 e. The van der Waals surface area contributed by atoms with Crippen LogP contribution in [-0.2, 0) is 9.59 Å². The fourth-order valence-corrected chi connectivity index (χ4v) is 4.19. The number of benzene rings is 2. The van der Waals surface area contributed by atoms with E-state index in [2.05, 4.69) is 5.10 Å². The van der Waals surface area contributed by atoms with Crippen LogP contribution in [0.25, 0.3) is 11.4 Å². The Balaban J connectivity index is 1.87. The number of likely N-dealkylation sites (N-methyl/N-ethyl adjacent to an activating group) is 1. The van der Waals surface area contributed by atoms with Gasteiger partial charge in [-0.05, 0) is 38.7 Å². The molecule has 0 bridgehead atoms. The Kier molecular flexibility index (Phi) is 6.48. The number of non-ortho nitro benzene ring substituents is 1. The Morgan fingerprint density at radius 2 is 1.86 bits per heavy atom. The molecule has 4 rings (SSSR count). The summed E-state index contributed by atoms with van der Waals surface area (Å²) in [7, 11) is 3.67. The van der Waals surface area contributed by atoms with Crippen molar-refractivity contribution in [1.82, 2.24) is 19.6 Å². The van der Waals surface area contributed by atoms with Crippen molar-refractivity contribution in [1.29, 1.82) is 0 Å². The van der Waals surface area contributed by atoms with E-state index in [0.29, 0.717) is 23.4 Å². The summed E-state index contributed by atoms with van der Waals surface area (Å²) in [5.41, 5.74) is 1.72. The first-order valence-electron chi connectivity index (χ1n) is 11.0. The zero-order valence-corrected chi connectivity index (χ0v) is 19.6. The standard InChI is InChI=1S/C25H25N5O5/c1-16-20(15-26-29(16)18-9-5-4-6-10-18)23(31)21-22(17-8-7-11-19(14-17)30(34)35)28(13-12-27(2)3)25(33)24(21)32/h4-11,14-15,22,31H,12-13H2,1-3H3/b23-21+/t22-/m0/s1. The highest BCUT2D eigenvalue weighted by atomic mass is 16.6. The molecule has 1 N–H and O–H groups in total. The monoisotopic (exact) mass is 475 g/mol. The summed E-state index contributed by atoms with van der Waals surface area (Å²) < 4.78 is 1.62. The maximum absolute atomic E-state index is 13.2. The Morgan fingerprint density at radius 1 is 1.14 bits per heavy atom. The van der Waals surface area contributed by atoms with Crippen LogP contribution < -0.4 is 0 Å². The molecule has 1 aromatic heterocycles. The summed E-state index contributed by atoms with van der Waals surface area (Å²) >= 11 is 0. The predicted molar refractivity (Wildman–Crippen MR) is 129 cm³/mol. The third kappa shape index (κ3) is 4.43. The first kappa shape index (κ1) is 23.8. The smallest absolute Gasteiger partial charge is 0.295 e. The number of nitro benzene ring substituents is 1. The number of aliphatic hydroxyl groups is 1. The molecule has 1 atom stereocenters. The predicted octanol–water partition coefficient (Wildman–Crippen LogP) is 3.07. The van der Waals surface area contributed by atoms with Gasteiger partial charge in [0.1, 0.15) is 5.76 Å². The van der Waals surface area contributed by atoms with Crippen LogP contribution in [0.3, 0.4) is 0 Å². The lowest BCUT2D eigenvalue weighted by Gasteiger charge is -2.26. The Morgan fingerprint density at radius 3 is 2.51 bits per heavy atom. The van der Waals surface area contributed by atoms with E-state index in [1.165, 1.54) is 29.3 Å². The van der Waals surface area contributed by atoms with E-state index in [9.17, 15) is 24.8 Å². The minimum atomic E-state index is -0.977. The third-order valence-corrected chi connectivity index (χ3v) is 5.99. The normalized spacial score (nSPS) is 17.4. The van der Waals surface area contributed by atoms with E-state index < -0.39 is 22.7 Å². The number of Topliss-reactive ketones (excluding diaryl/α,β-unsaturated/α-hetero) is 1. The number of nitro groups is 1. The molecule has 0 radical (unpaired) electrons. The van der Waals surface area contributed by atoms with Gasteiger partial charge in [0.2, 0.25) is 0 Å². The Labute approximate surface area is 201 Å². The van der Waals surface area contributed by atoms with Gasteiger partial charge in [0.25, 0.3) is 17.4 Å². The molecule has 0 saturated carbocycles. The number of aliphatic hydroxyl groups excluding tert-OH is 1. The van der Waals surface area contributed by atoms with Crippen LogP contribution in [0.5, 0.6) is 0 Å². The average Bonchev–Trinajstić information content (AvgIpc) is 3.35. The lowest BCUT2D eigenvalue weighted by molar-refractivity contribution is -0.384. The van der Waals surface area contributed by atoms with Crippen molar-refractivity contribution >= 4 is 23.1 Å². The van der Waals surface area contributed by atoms with Crippen molar-refractivity contribution in [2.45, 2.75) is 13.0 Å². The molecule has 35 heavy (non-hydrogen) atoms. The quantitative estimate of drug-likeness (QED) is 0.183. The first-order chi connectivity index (χ1) is 16.7. The second-order valence-electron chi connectivity index (χ2n) is 8.54. The molecule has 1 aliphatic heterocycles. The van der Waals surface area contributed by atoms with Gasteiger partial charge in [0.15, 0.2) is 0 Å². The molecule has 10 heteroatoms. The number of likely N-dealkylation sites (tertiary alicyclic amines) is 1. The maximum Gasteiger partial charge on any atom is 0.295 e. The number of nitrogens with zero attached hydrogens (tertiary/aromatic N) is 5. The van der Waals surface area contributed by atoms with Gasteiger partial charge in [-0.25, -0.2) is 4.68 Å². The summed E-state index contributed by atoms with van der Waals surface area (Å²) in [6.45, 7) is 2.41. The molecule has 10 nitrogen and oxygen atoms in total. The highest BCUT2D eigenvalue weighted by molar-refractivity contribution is 6.46. The second kappa shape index (κ2) is 9.51. The molecule has 180 valence electrons. The van der Waals surface area contributed by atoms with E-state index in [0.717, 1.165) is 5.69 Å². The molecule has 1 fully saturated rings. The molecular weight excluding hydrogens is 450 g/mol. The Bertz CT molecular complexity index is 1330. The zero-order chi connectivity index (χ0) is 25.3. The zero-order valence-electron chi connectivity index (χ0n) is 19.6. The number of ketones is 1. The number of aromatic nitrogens is 2. The summed E-state index contributed by atoms with van der Waals surface area (Å²) in [4.78, 5) is 40.3. The van der Waals surface area contributed by atoms with Crippen molar-refractivity contribution in [2.75, 3.05) is 27.2 Å². The molecule has 1 amide bonds. The summed E-state index contributed by atoms with van der Waals surface area (Å²) in [5.74, 6) is -1.98. The summed E-state index contributed by atoms with van der Waals surface area (Å²) in [5, 5.41) is 27.1. The molecule has 0 spiro atoms. The van der Waals surface area contributed by atoms with Crippen molar-refractivity contribution < 1.29 is 19.6 Å². The fraction of sp³-hybridized carbons (Fsp3) is 0.240. The SMILES string of the molecule is Cc1c(/C(O)=C2\C(=O)C(=O)N(CCN(C)C)[C@H]2c2cccc([N+](=O)[O-])c2)cnn1-c1ccccc1. The lowest BCUT2D eigenvalue weighted by atomic mass is 9.95. The van der Waals surface area contributed by atoms with E-state index in [4.69, 9.17) is 0 Å². The number of hydrogen-bond donors (Lipinski definition) is 1. The van der Waals surface area contributed by atoms with Crippen LogP contribution in [0.2, 0.25) is 0 Å². The molecule has 1 aliphatic rings. The van der Waals surface area contributed by atoms with Gasteiger partial charge in [-0.15, -0.1) is 0 Å². The van der Waals surface area contributed by atoms with Crippen LogP contribution in [0, 0.1) is 17.0 Å². The van der Waals surface area contributed by atoms with Crippen LogP contribution in [0.15, 0.2) is 66.4 Å². The van der Waals surface area contributed by atoms with Crippen LogP contribution in [0.1, 0.15) is 22.9 Å².